The molecule has 0 N–H and O–H groups in total. The van der Waals surface area contributed by atoms with Crippen molar-refractivity contribution in [3.8, 4) is 56.5 Å². The van der Waals surface area contributed by atoms with Crippen molar-refractivity contribution < 1.29 is 4.42 Å². The van der Waals surface area contributed by atoms with E-state index in [1.165, 1.54) is 5.56 Å². The molecule has 0 aliphatic heterocycles. The molecule has 9 rings (SSSR count). The first-order valence-corrected chi connectivity index (χ1v) is 15.6. The molecule has 6 aromatic carbocycles. The van der Waals surface area contributed by atoms with Gasteiger partial charge in [0.2, 0.25) is 0 Å². The van der Waals surface area contributed by atoms with Gasteiger partial charge >= 0.3 is 0 Å². The fourth-order valence-electron chi connectivity index (χ4n) is 6.14. The van der Waals surface area contributed by atoms with Crippen LogP contribution in [-0.4, -0.2) is 19.9 Å². The normalized spacial score (nSPS) is 11.4. The number of nitrogens with zero attached hydrogens (tertiary/aromatic N) is 4. The molecule has 0 amide bonds. The Kier molecular flexibility index (Phi) is 6.39. The summed E-state index contributed by atoms with van der Waals surface area (Å²) in [6.45, 7) is 0. The van der Waals surface area contributed by atoms with Gasteiger partial charge in [0.15, 0.2) is 17.5 Å². The van der Waals surface area contributed by atoms with E-state index < -0.39 is 0 Å². The lowest BCUT2D eigenvalue weighted by atomic mass is 10.0. The van der Waals surface area contributed by atoms with Crippen molar-refractivity contribution in [3.63, 3.8) is 0 Å². The summed E-state index contributed by atoms with van der Waals surface area (Å²) in [5, 5.41) is 3.19. The Labute approximate surface area is 270 Å². The third-order valence-electron chi connectivity index (χ3n) is 8.56. The summed E-state index contributed by atoms with van der Waals surface area (Å²) >= 11 is 0. The quantitative estimate of drug-likeness (QED) is 0.196. The second kappa shape index (κ2) is 11.2. The molecule has 0 atom stereocenters. The summed E-state index contributed by atoms with van der Waals surface area (Å²) in [6.07, 6.45) is 0. The molecule has 5 heteroatoms. The first kappa shape index (κ1) is 26.9. The third kappa shape index (κ3) is 4.91. The van der Waals surface area contributed by atoms with E-state index >= 15 is 0 Å². The lowest BCUT2D eigenvalue weighted by Gasteiger charge is -2.10. The van der Waals surface area contributed by atoms with Gasteiger partial charge in [0.1, 0.15) is 11.2 Å². The molecule has 0 saturated carbocycles. The van der Waals surface area contributed by atoms with Crippen LogP contribution in [0.3, 0.4) is 0 Å². The average molecular weight is 603 g/mol. The van der Waals surface area contributed by atoms with Gasteiger partial charge in [0, 0.05) is 33.0 Å². The molecule has 0 fully saturated rings. The van der Waals surface area contributed by atoms with Crippen LogP contribution in [0.25, 0.3) is 89.4 Å². The molecule has 0 aliphatic rings. The van der Waals surface area contributed by atoms with Crippen LogP contribution >= 0.6 is 0 Å². The van der Waals surface area contributed by atoms with E-state index in [4.69, 9.17) is 24.4 Å². The maximum absolute atomic E-state index is 6.12. The predicted octanol–water partition coefficient (Wildman–Crippen LogP) is 10.7. The maximum Gasteiger partial charge on any atom is 0.164 e. The van der Waals surface area contributed by atoms with Crippen molar-refractivity contribution in [1.29, 1.82) is 0 Å². The molecule has 0 saturated heterocycles. The highest BCUT2D eigenvalue weighted by Gasteiger charge is 2.15. The maximum atomic E-state index is 6.12. The van der Waals surface area contributed by atoms with Gasteiger partial charge in [-0.2, -0.15) is 0 Å². The molecular formula is C42H26N4O. The lowest BCUT2D eigenvalue weighted by Crippen LogP contribution is -2.00. The van der Waals surface area contributed by atoms with Crippen molar-refractivity contribution in [1.82, 2.24) is 19.9 Å². The molecular weight excluding hydrogens is 576 g/mol. The SMILES string of the molecule is c1ccc(-c2ccc(-c3nc(-c4ccccc4)nc(-c4ccc(-c5ccc6ccc7oc8ccccc8c7c6n5)cc4)n3)cc2)cc1. The second-order valence-electron chi connectivity index (χ2n) is 11.5. The minimum absolute atomic E-state index is 0.616. The number of rotatable bonds is 5. The molecule has 47 heavy (non-hydrogen) atoms. The van der Waals surface area contributed by atoms with Gasteiger partial charge in [-0.15, -0.1) is 0 Å². The molecule has 0 radical (unpaired) electrons. The Bertz CT molecular complexity index is 2540. The number of fused-ring (bicyclic) bond motifs is 5. The van der Waals surface area contributed by atoms with Crippen molar-refractivity contribution >= 4 is 32.8 Å². The number of hydrogen-bond acceptors (Lipinski definition) is 5. The van der Waals surface area contributed by atoms with Gasteiger partial charge in [-0.3, -0.25) is 0 Å². The second-order valence-corrected chi connectivity index (χ2v) is 11.5. The monoisotopic (exact) mass is 602 g/mol. The number of benzene rings is 6. The summed E-state index contributed by atoms with van der Waals surface area (Å²) < 4.78 is 6.12. The highest BCUT2D eigenvalue weighted by atomic mass is 16.3. The summed E-state index contributed by atoms with van der Waals surface area (Å²) in [6, 6.07) is 53.4. The Morgan fingerprint density at radius 2 is 0.830 bits per heavy atom. The predicted molar refractivity (Wildman–Crippen MR) is 190 cm³/mol. The van der Waals surface area contributed by atoms with Crippen molar-refractivity contribution in [3.05, 3.63) is 158 Å². The minimum atomic E-state index is 0.616. The molecule has 3 heterocycles. The Morgan fingerprint density at radius 1 is 0.340 bits per heavy atom. The largest absolute Gasteiger partial charge is 0.456 e. The Hall–Kier alpha value is -6.46. The van der Waals surface area contributed by atoms with Crippen LogP contribution < -0.4 is 0 Å². The standard InChI is InChI=1S/C42H26N4O/c1-3-9-27(10-4-1)28-15-19-32(20-16-28)41-44-40(31-11-5-2-6-12-31)45-42(46-41)33-21-17-29(18-22-33)35-25-23-30-24-26-37-38(39(30)43-35)34-13-7-8-14-36(34)47-37/h1-26H. The van der Waals surface area contributed by atoms with Crippen LogP contribution in [0.1, 0.15) is 0 Å². The van der Waals surface area contributed by atoms with E-state index in [0.717, 1.165) is 66.4 Å². The molecule has 0 bridgehead atoms. The van der Waals surface area contributed by atoms with Crippen LogP contribution in [0.2, 0.25) is 0 Å². The van der Waals surface area contributed by atoms with Crippen LogP contribution in [0, 0.1) is 0 Å². The summed E-state index contributed by atoms with van der Waals surface area (Å²) in [4.78, 5) is 19.9. The highest BCUT2D eigenvalue weighted by molar-refractivity contribution is 6.17. The zero-order valence-electron chi connectivity index (χ0n) is 25.2. The smallest absolute Gasteiger partial charge is 0.164 e. The van der Waals surface area contributed by atoms with E-state index in [0.29, 0.717) is 17.5 Å². The van der Waals surface area contributed by atoms with Gasteiger partial charge < -0.3 is 4.42 Å². The molecule has 3 aromatic heterocycles. The van der Waals surface area contributed by atoms with Gasteiger partial charge in [-0.05, 0) is 35.4 Å². The highest BCUT2D eigenvalue weighted by Crippen LogP contribution is 2.35. The van der Waals surface area contributed by atoms with E-state index in [2.05, 4.69) is 97.1 Å². The zero-order chi connectivity index (χ0) is 31.2. The molecule has 0 spiro atoms. The van der Waals surface area contributed by atoms with E-state index in [-0.39, 0.29) is 0 Å². The first-order chi connectivity index (χ1) is 23.3. The average Bonchev–Trinajstić information content (AvgIpc) is 3.55. The third-order valence-corrected chi connectivity index (χ3v) is 8.56. The van der Waals surface area contributed by atoms with Gasteiger partial charge in [-0.1, -0.05) is 133 Å². The lowest BCUT2D eigenvalue weighted by molar-refractivity contribution is 0.669. The number of hydrogen-bond donors (Lipinski definition) is 0. The van der Waals surface area contributed by atoms with E-state index in [9.17, 15) is 0 Å². The summed E-state index contributed by atoms with van der Waals surface area (Å²) in [5.74, 6) is 1.88. The Morgan fingerprint density at radius 3 is 1.49 bits per heavy atom. The molecule has 0 aliphatic carbocycles. The molecule has 220 valence electrons. The molecule has 5 nitrogen and oxygen atoms in total. The summed E-state index contributed by atoms with van der Waals surface area (Å²) in [5.41, 5.74) is 9.63. The van der Waals surface area contributed by atoms with E-state index in [1.807, 2.05) is 60.7 Å². The number of furan rings is 1. The van der Waals surface area contributed by atoms with Crippen molar-refractivity contribution in [2.45, 2.75) is 0 Å². The molecule has 9 aromatic rings. The van der Waals surface area contributed by atoms with Crippen LogP contribution in [-0.2, 0) is 0 Å². The molecule has 0 unspecified atom stereocenters. The van der Waals surface area contributed by atoms with Crippen LogP contribution in [0.4, 0.5) is 0 Å². The van der Waals surface area contributed by atoms with Crippen LogP contribution in [0.5, 0.6) is 0 Å². The van der Waals surface area contributed by atoms with E-state index in [1.54, 1.807) is 0 Å². The number of pyridine rings is 1. The van der Waals surface area contributed by atoms with Gasteiger partial charge in [0.05, 0.1) is 16.6 Å². The fourth-order valence-corrected chi connectivity index (χ4v) is 6.14. The van der Waals surface area contributed by atoms with Gasteiger partial charge in [-0.25, -0.2) is 19.9 Å². The fraction of sp³-hybridized carbons (Fsp3) is 0. The summed E-state index contributed by atoms with van der Waals surface area (Å²) in [7, 11) is 0. The zero-order valence-corrected chi connectivity index (χ0v) is 25.2. The van der Waals surface area contributed by atoms with Crippen molar-refractivity contribution in [2.24, 2.45) is 0 Å². The topological polar surface area (TPSA) is 64.7 Å². The van der Waals surface area contributed by atoms with Crippen molar-refractivity contribution in [2.75, 3.05) is 0 Å². The first-order valence-electron chi connectivity index (χ1n) is 15.6. The number of para-hydroxylation sites is 1. The Balaban J connectivity index is 1.11. The van der Waals surface area contributed by atoms with Gasteiger partial charge in [0.25, 0.3) is 0 Å². The number of aromatic nitrogens is 4. The van der Waals surface area contributed by atoms with Crippen LogP contribution in [0.15, 0.2) is 162 Å². The minimum Gasteiger partial charge on any atom is -0.456 e.